The number of hydrogen-bond donors (Lipinski definition) is 1. The predicted molar refractivity (Wildman–Crippen MR) is 113 cm³/mol. The van der Waals surface area contributed by atoms with Gasteiger partial charge in [-0.2, -0.15) is 0 Å². The van der Waals surface area contributed by atoms with E-state index in [1.54, 1.807) is 26.1 Å². The number of aromatic nitrogens is 2. The van der Waals surface area contributed by atoms with Crippen molar-refractivity contribution in [2.45, 2.75) is 53.5 Å². The van der Waals surface area contributed by atoms with Crippen LogP contribution in [0.15, 0.2) is 33.1 Å². The number of hydrogen-bond acceptors (Lipinski definition) is 5. The van der Waals surface area contributed by atoms with Crippen LogP contribution in [0.2, 0.25) is 0 Å². The van der Waals surface area contributed by atoms with Gasteiger partial charge < -0.3 is 9.90 Å². The van der Waals surface area contributed by atoms with Crippen LogP contribution < -0.4 is 11.2 Å². The molecule has 7 nitrogen and oxygen atoms in total. The number of carbonyl (C=O) groups excluding carboxylic acids is 2. The van der Waals surface area contributed by atoms with Crippen LogP contribution in [-0.2, 0) is 18.4 Å². The zero-order valence-corrected chi connectivity index (χ0v) is 17.6. The van der Waals surface area contributed by atoms with E-state index in [1.807, 2.05) is 13.8 Å². The first-order chi connectivity index (χ1) is 13.6. The third kappa shape index (κ3) is 4.23. The van der Waals surface area contributed by atoms with E-state index in [2.05, 4.69) is 0 Å². The number of benzene rings is 1. The molecule has 29 heavy (non-hydrogen) atoms. The summed E-state index contributed by atoms with van der Waals surface area (Å²) in [5, 5.41) is 10.7. The van der Waals surface area contributed by atoms with Gasteiger partial charge in [0, 0.05) is 37.6 Å². The Morgan fingerprint density at radius 2 is 1.93 bits per heavy atom. The van der Waals surface area contributed by atoms with Gasteiger partial charge in [-0.3, -0.25) is 18.7 Å². The molecule has 0 bridgehead atoms. The summed E-state index contributed by atoms with van der Waals surface area (Å²) in [6, 6.07) is 3.17. The Hall–Kier alpha value is -2.96. The monoisotopic (exact) mass is 400 g/mol. The number of rotatable bonds is 8. The molecule has 0 amide bonds. The molecule has 156 valence electrons. The van der Waals surface area contributed by atoms with E-state index < -0.39 is 5.56 Å². The minimum Gasteiger partial charge on any atom is -0.512 e. The van der Waals surface area contributed by atoms with Gasteiger partial charge in [-0.1, -0.05) is 13.8 Å². The van der Waals surface area contributed by atoms with Gasteiger partial charge in [0.2, 0.25) is 0 Å². The van der Waals surface area contributed by atoms with Crippen LogP contribution >= 0.6 is 0 Å². The molecule has 0 saturated carbocycles. The summed E-state index contributed by atoms with van der Waals surface area (Å²) >= 11 is 0. The van der Waals surface area contributed by atoms with Crippen LogP contribution in [0.4, 0.5) is 0 Å². The molecule has 0 aliphatic rings. The first-order valence-corrected chi connectivity index (χ1v) is 9.75. The van der Waals surface area contributed by atoms with Crippen molar-refractivity contribution >= 4 is 23.0 Å². The summed E-state index contributed by atoms with van der Waals surface area (Å²) < 4.78 is 2.60. The summed E-state index contributed by atoms with van der Waals surface area (Å²) in [5.74, 6) is -0.521. The molecule has 0 aliphatic heterocycles. The number of nitrogens with zero attached hydrogens (tertiary/aromatic N) is 2. The average Bonchev–Trinajstić information content (AvgIpc) is 2.68. The highest BCUT2D eigenvalue weighted by Crippen LogP contribution is 2.23. The maximum atomic E-state index is 13.0. The van der Waals surface area contributed by atoms with Gasteiger partial charge >= 0.3 is 5.69 Å². The van der Waals surface area contributed by atoms with Crippen LogP contribution in [-0.4, -0.2) is 26.3 Å². The maximum Gasteiger partial charge on any atom is 0.331 e. The normalized spacial score (nSPS) is 13.3. The zero-order valence-electron chi connectivity index (χ0n) is 17.6. The summed E-state index contributed by atoms with van der Waals surface area (Å²) in [6.07, 6.45) is 1.94. The Morgan fingerprint density at radius 1 is 1.28 bits per heavy atom. The summed E-state index contributed by atoms with van der Waals surface area (Å²) in [4.78, 5) is 49.0. The quantitative estimate of drug-likeness (QED) is 0.318. The summed E-state index contributed by atoms with van der Waals surface area (Å²) in [7, 11) is 1.60. The summed E-state index contributed by atoms with van der Waals surface area (Å²) in [5.41, 5.74) is 0.633. The lowest BCUT2D eigenvalue weighted by Gasteiger charge is -2.15. The van der Waals surface area contributed by atoms with Crippen LogP contribution in [0.3, 0.4) is 0 Å². The first kappa shape index (κ1) is 22.3. The molecule has 7 heteroatoms. The minimum absolute atomic E-state index is 0.0623. The Labute approximate surface area is 169 Å². The number of aliphatic hydroxyl groups excluding tert-OH is 1. The standard InChI is InChI=1S/C22H28N2O5/c1-6-10-24-21(28)19-14(3)16(7-8-17(19)23(5)22(24)29)20(27)15(4)18(26)12-13(2)9-11-25/h7-8,11,13,26H,6,9-10,12H2,1-5H3/b18-15-. The second-order valence-corrected chi connectivity index (χ2v) is 7.54. The smallest absolute Gasteiger partial charge is 0.331 e. The number of allylic oxidation sites excluding steroid dienone is 2. The van der Waals surface area contributed by atoms with Crippen molar-refractivity contribution in [2.24, 2.45) is 13.0 Å². The number of fused-ring (bicyclic) bond motifs is 1. The van der Waals surface area contributed by atoms with Gasteiger partial charge in [-0.15, -0.1) is 0 Å². The number of aryl methyl sites for hydroxylation is 2. The van der Waals surface area contributed by atoms with Crippen molar-refractivity contribution in [1.29, 1.82) is 0 Å². The van der Waals surface area contributed by atoms with Gasteiger partial charge in [0.05, 0.1) is 16.7 Å². The lowest BCUT2D eigenvalue weighted by Crippen LogP contribution is -2.39. The van der Waals surface area contributed by atoms with Gasteiger partial charge in [0.15, 0.2) is 5.78 Å². The number of aliphatic hydroxyl groups is 1. The second kappa shape index (κ2) is 9.03. The molecule has 0 saturated heterocycles. The molecular weight excluding hydrogens is 372 g/mol. The van der Waals surface area contributed by atoms with Crippen LogP contribution in [0.1, 0.15) is 56.0 Å². The lowest BCUT2D eigenvalue weighted by atomic mass is 9.94. The lowest BCUT2D eigenvalue weighted by molar-refractivity contribution is -0.108. The van der Waals surface area contributed by atoms with Crippen molar-refractivity contribution in [3.8, 4) is 0 Å². The number of carbonyl (C=O) groups is 2. The van der Waals surface area contributed by atoms with Crippen LogP contribution in [0, 0.1) is 12.8 Å². The van der Waals surface area contributed by atoms with Crippen molar-refractivity contribution in [3.63, 3.8) is 0 Å². The fourth-order valence-electron chi connectivity index (χ4n) is 3.48. The molecule has 0 fully saturated rings. The maximum absolute atomic E-state index is 13.0. The van der Waals surface area contributed by atoms with Crippen LogP contribution in [0.5, 0.6) is 0 Å². The van der Waals surface area contributed by atoms with Gasteiger partial charge in [-0.05, 0) is 43.9 Å². The number of aldehydes is 1. The highest BCUT2D eigenvalue weighted by atomic mass is 16.3. The second-order valence-electron chi connectivity index (χ2n) is 7.54. The Balaban J connectivity index is 2.64. The van der Waals surface area contributed by atoms with E-state index in [4.69, 9.17) is 0 Å². The van der Waals surface area contributed by atoms with E-state index in [-0.39, 0.29) is 35.1 Å². The molecule has 2 rings (SSSR count). The summed E-state index contributed by atoms with van der Waals surface area (Å²) in [6.45, 7) is 7.21. The SMILES string of the molecule is CCCn1c(=O)c2c(C)c(C(=O)/C(C)=C(\O)CC(C)CC=O)ccc2n(C)c1=O. The Kier molecular flexibility index (Phi) is 6.95. The van der Waals surface area contributed by atoms with Gasteiger partial charge in [0.1, 0.15) is 6.29 Å². The highest BCUT2D eigenvalue weighted by molar-refractivity contribution is 6.11. The number of ketones is 1. The third-order valence-corrected chi connectivity index (χ3v) is 5.29. The average molecular weight is 400 g/mol. The predicted octanol–water partition coefficient (Wildman–Crippen LogP) is 3.05. The van der Waals surface area contributed by atoms with Crippen molar-refractivity contribution in [2.75, 3.05) is 0 Å². The topological polar surface area (TPSA) is 98.4 Å². The largest absolute Gasteiger partial charge is 0.512 e. The molecule has 0 spiro atoms. The molecule has 1 N–H and O–H groups in total. The molecule has 1 atom stereocenters. The van der Waals surface area contributed by atoms with Gasteiger partial charge in [0.25, 0.3) is 5.56 Å². The third-order valence-electron chi connectivity index (χ3n) is 5.29. The fourth-order valence-corrected chi connectivity index (χ4v) is 3.48. The zero-order chi connectivity index (χ0) is 21.9. The van der Waals surface area contributed by atoms with Crippen molar-refractivity contribution < 1.29 is 14.7 Å². The van der Waals surface area contributed by atoms with Gasteiger partial charge in [-0.25, -0.2) is 4.79 Å². The van der Waals surface area contributed by atoms with Crippen molar-refractivity contribution in [1.82, 2.24) is 9.13 Å². The molecule has 0 radical (unpaired) electrons. The Morgan fingerprint density at radius 3 is 2.52 bits per heavy atom. The minimum atomic E-state index is -0.414. The van der Waals surface area contributed by atoms with E-state index in [0.717, 1.165) is 6.29 Å². The van der Waals surface area contributed by atoms with Crippen LogP contribution in [0.25, 0.3) is 10.9 Å². The highest BCUT2D eigenvalue weighted by Gasteiger charge is 2.21. The molecule has 1 aromatic heterocycles. The van der Waals surface area contributed by atoms with Crippen molar-refractivity contribution in [3.05, 3.63) is 55.4 Å². The molecule has 2 aromatic rings. The van der Waals surface area contributed by atoms with E-state index >= 15 is 0 Å². The van der Waals surface area contributed by atoms with E-state index in [1.165, 1.54) is 16.1 Å². The van der Waals surface area contributed by atoms with E-state index in [9.17, 15) is 24.3 Å². The molecule has 1 heterocycles. The molecule has 1 unspecified atom stereocenters. The van der Waals surface area contributed by atoms with E-state index in [0.29, 0.717) is 41.4 Å². The first-order valence-electron chi connectivity index (χ1n) is 9.75. The molecule has 1 aromatic carbocycles. The fraction of sp³-hybridized carbons (Fsp3) is 0.455. The Bertz CT molecular complexity index is 1100. The molecular formula is C22H28N2O5. The molecule has 0 aliphatic carbocycles. The number of Topliss-reactive ketones (excluding diaryl/α,β-unsaturated/α-hetero) is 1.